The van der Waals surface area contributed by atoms with Gasteiger partial charge in [0.2, 0.25) is 0 Å². The smallest absolute Gasteiger partial charge is 0.0544 e. The highest BCUT2D eigenvalue weighted by Gasteiger charge is 2.45. The number of anilines is 6. The van der Waals surface area contributed by atoms with Crippen molar-refractivity contribution in [2.24, 2.45) is 0 Å². The van der Waals surface area contributed by atoms with Crippen LogP contribution in [0.25, 0.3) is 22.3 Å². The van der Waals surface area contributed by atoms with Gasteiger partial charge >= 0.3 is 0 Å². The van der Waals surface area contributed by atoms with E-state index in [1.54, 1.807) is 0 Å². The molecule has 4 aliphatic heterocycles. The normalized spacial score (nSPS) is 16.2. The summed E-state index contributed by atoms with van der Waals surface area (Å²) in [4.78, 5) is 5.05. The molecule has 250 valence electrons. The van der Waals surface area contributed by atoms with E-state index in [0.717, 1.165) is 12.8 Å². The lowest BCUT2D eigenvalue weighted by molar-refractivity contribution is 0.598. The van der Waals surface area contributed by atoms with Crippen molar-refractivity contribution >= 4 is 34.1 Å². The Morgan fingerprint density at radius 3 is 1.21 bits per heavy atom. The standard InChI is InChI=1S/C50H40N2/c1-49(2)39-15-7-11-19-45(39)52-46-20-12-8-16-40(46)50(3,4)42-30-36(29-41(49)48(42)52)32-23-21-31(22-24-32)35-27-37-25-33-13-5-9-17-43(33)51-44-18-10-6-14-34(44)26-38(28-35)47(37)51/h5-24,27-30H,25-26H2,1-4H3. The van der Waals surface area contributed by atoms with Gasteiger partial charge in [-0.1, -0.05) is 125 Å². The highest BCUT2D eigenvalue weighted by atomic mass is 15.2. The average molecular weight is 669 g/mol. The molecule has 7 aromatic carbocycles. The molecule has 4 heterocycles. The second-order valence-corrected chi connectivity index (χ2v) is 16.2. The summed E-state index contributed by atoms with van der Waals surface area (Å²) >= 11 is 0. The largest absolute Gasteiger partial charge is 0.309 e. The van der Waals surface area contributed by atoms with Gasteiger partial charge in [-0.3, -0.25) is 0 Å². The van der Waals surface area contributed by atoms with E-state index in [2.05, 4.69) is 183 Å². The molecule has 0 bridgehead atoms. The lowest BCUT2D eigenvalue weighted by Gasteiger charge is -2.49. The fourth-order valence-electron chi connectivity index (χ4n) is 9.93. The van der Waals surface area contributed by atoms with E-state index in [4.69, 9.17) is 0 Å². The van der Waals surface area contributed by atoms with Crippen LogP contribution in [0.2, 0.25) is 0 Å². The van der Waals surface area contributed by atoms with Gasteiger partial charge in [-0.25, -0.2) is 0 Å². The Labute approximate surface area is 306 Å². The van der Waals surface area contributed by atoms with Crippen molar-refractivity contribution in [3.05, 3.63) is 190 Å². The van der Waals surface area contributed by atoms with Crippen LogP contribution in [-0.2, 0) is 23.7 Å². The molecule has 0 N–H and O–H groups in total. The summed E-state index contributed by atoms with van der Waals surface area (Å²) in [7, 11) is 0. The SMILES string of the molecule is CC1(C)c2ccccc2N2c3ccccc3C(C)(C)c3cc(-c4ccc(-c5cc6c7c(c5)Cc5ccccc5N7c5ccccc5C6)cc4)cc1c32. The van der Waals surface area contributed by atoms with E-state index in [1.807, 2.05) is 0 Å². The van der Waals surface area contributed by atoms with Gasteiger partial charge in [-0.2, -0.15) is 0 Å². The van der Waals surface area contributed by atoms with E-state index in [1.165, 1.54) is 101 Å². The highest BCUT2D eigenvalue weighted by molar-refractivity contribution is 5.95. The Morgan fingerprint density at radius 2 is 0.731 bits per heavy atom. The minimum absolute atomic E-state index is 0.148. The fraction of sp³-hybridized carbons (Fsp3) is 0.160. The Hall–Kier alpha value is -5.86. The van der Waals surface area contributed by atoms with E-state index < -0.39 is 0 Å². The van der Waals surface area contributed by atoms with Gasteiger partial charge in [0, 0.05) is 35.0 Å². The molecule has 2 nitrogen and oxygen atoms in total. The molecule has 7 aromatic rings. The van der Waals surface area contributed by atoms with Gasteiger partial charge in [-0.05, 0) is 115 Å². The molecule has 0 aliphatic carbocycles. The van der Waals surface area contributed by atoms with E-state index >= 15 is 0 Å². The number of rotatable bonds is 2. The highest BCUT2D eigenvalue weighted by Crippen LogP contribution is 2.60. The number of para-hydroxylation sites is 4. The van der Waals surface area contributed by atoms with Crippen molar-refractivity contribution in [2.45, 2.75) is 51.4 Å². The first kappa shape index (κ1) is 29.8. The fourth-order valence-corrected chi connectivity index (χ4v) is 9.93. The Kier molecular flexibility index (Phi) is 5.94. The molecule has 0 fully saturated rings. The topological polar surface area (TPSA) is 6.48 Å². The first-order chi connectivity index (χ1) is 25.3. The van der Waals surface area contributed by atoms with Crippen LogP contribution in [0.1, 0.15) is 72.2 Å². The maximum absolute atomic E-state index is 2.54. The van der Waals surface area contributed by atoms with Crippen LogP contribution in [0.4, 0.5) is 34.1 Å². The number of hydrogen-bond acceptors (Lipinski definition) is 2. The maximum atomic E-state index is 2.54. The third-order valence-electron chi connectivity index (χ3n) is 12.6. The minimum atomic E-state index is -0.148. The molecule has 0 atom stereocenters. The maximum Gasteiger partial charge on any atom is 0.0544 e. The Bertz CT molecular complexity index is 2490. The van der Waals surface area contributed by atoms with Crippen molar-refractivity contribution < 1.29 is 0 Å². The molecule has 0 saturated carbocycles. The van der Waals surface area contributed by atoms with Crippen molar-refractivity contribution in [1.29, 1.82) is 0 Å². The lowest BCUT2D eigenvalue weighted by Crippen LogP contribution is -2.38. The zero-order chi connectivity index (χ0) is 34.9. The van der Waals surface area contributed by atoms with E-state index in [9.17, 15) is 0 Å². The summed E-state index contributed by atoms with van der Waals surface area (Å²) < 4.78 is 0. The van der Waals surface area contributed by atoms with Gasteiger partial charge in [0.1, 0.15) is 0 Å². The number of nitrogens with zero attached hydrogens (tertiary/aromatic N) is 2. The molecule has 4 aliphatic rings. The molecule has 2 heteroatoms. The lowest BCUT2D eigenvalue weighted by atomic mass is 9.65. The van der Waals surface area contributed by atoms with Gasteiger partial charge in [-0.15, -0.1) is 0 Å². The molecule has 0 saturated heterocycles. The zero-order valence-corrected chi connectivity index (χ0v) is 30.2. The first-order valence-corrected chi connectivity index (χ1v) is 18.7. The third-order valence-corrected chi connectivity index (χ3v) is 12.6. The summed E-state index contributed by atoms with van der Waals surface area (Å²) in [5, 5.41) is 0. The second kappa shape index (κ2) is 10.4. The van der Waals surface area contributed by atoms with Crippen molar-refractivity contribution in [3.8, 4) is 22.3 Å². The molecule has 0 amide bonds. The monoisotopic (exact) mass is 668 g/mol. The summed E-state index contributed by atoms with van der Waals surface area (Å²) in [6, 6.07) is 55.1. The number of hydrogen-bond donors (Lipinski definition) is 0. The van der Waals surface area contributed by atoms with Crippen LogP contribution in [0.15, 0.2) is 146 Å². The van der Waals surface area contributed by atoms with Crippen molar-refractivity contribution in [2.75, 3.05) is 9.80 Å². The van der Waals surface area contributed by atoms with Crippen LogP contribution in [0.5, 0.6) is 0 Å². The van der Waals surface area contributed by atoms with Crippen LogP contribution in [0.3, 0.4) is 0 Å². The molecule has 11 rings (SSSR count). The third kappa shape index (κ3) is 3.95. The second-order valence-electron chi connectivity index (χ2n) is 16.2. The Morgan fingerprint density at radius 1 is 0.346 bits per heavy atom. The summed E-state index contributed by atoms with van der Waals surface area (Å²) in [5.74, 6) is 0. The Balaban J connectivity index is 1.04. The molecule has 0 unspecified atom stereocenters. The summed E-state index contributed by atoms with van der Waals surface area (Å²) in [5.41, 5.74) is 23.9. The van der Waals surface area contributed by atoms with Crippen molar-refractivity contribution in [3.63, 3.8) is 0 Å². The molecular weight excluding hydrogens is 629 g/mol. The zero-order valence-electron chi connectivity index (χ0n) is 30.2. The number of fused-ring (bicyclic) bond motifs is 8. The van der Waals surface area contributed by atoms with Gasteiger partial charge in [0.25, 0.3) is 0 Å². The molecule has 0 radical (unpaired) electrons. The predicted molar refractivity (Wildman–Crippen MR) is 217 cm³/mol. The van der Waals surface area contributed by atoms with Gasteiger partial charge in [0.15, 0.2) is 0 Å². The first-order valence-electron chi connectivity index (χ1n) is 18.7. The predicted octanol–water partition coefficient (Wildman–Crippen LogP) is 13.0. The van der Waals surface area contributed by atoms with Crippen molar-refractivity contribution in [1.82, 2.24) is 0 Å². The summed E-state index contributed by atoms with van der Waals surface area (Å²) in [6.45, 7) is 9.61. The molecule has 0 spiro atoms. The van der Waals surface area contributed by atoms with Crippen LogP contribution in [0, 0.1) is 0 Å². The molecular formula is C50H40N2. The molecule has 52 heavy (non-hydrogen) atoms. The van der Waals surface area contributed by atoms with E-state index in [-0.39, 0.29) is 10.8 Å². The van der Waals surface area contributed by atoms with E-state index in [0.29, 0.717) is 0 Å². The summed E-state index contributed by atoms with van der Waals surface area (Å²) in [6.07, 6.45) is 1.91. The minimum Gasteiger partial charge on any atom is -0.309 e. The van der Waals surface area contributed by atoms with Crippen LogP contribution in [-0.4, -0.2) is 0 Å². The molecule has 0 aromatic heterocycles. The van der Waals surface area contributed by atoms with Gasteiger partial charge < -0.3 is 9.80 Å². The average Bonchev–Trinajstić information content (AvgIpc) is 3.17. The van der Waals surface area contributed by atoms with Crippen LogP contribution >= 0.6 is 0 Å². The number of benzene rings is 7. The van der Waals surface area contributed by atoms with Gasteiger partial charge in [0.05, 0.1) is 22.7 Å². The van der Waals surface area contributed by atoms with Crippen LogP contribution < -0.4 is 9.80 Å². The quantitative estimate of drug-likeness (QED) is 0.181.